The molecule has 5 nitrogen and oxygen atoms in total. The number of amides is 1. The van der Waals surface area contributed by atoms with Gasteiger partial charge in [0.25, 0.3) is 0 Å². The highest BCUT2D eigenvalue weighted by atomic mass is 32.2. The Morgan fingerprint density at radius 1 is 1.08 bits per heavy atom. The summed E-state index contributed by atoms with van der Waals surface area (Å²) >= 11 is 2.84. The Morgan fingerprint density at radius 2 is 1.81 bits per heavy atom. The van der Waals surface area contributed by atoms with Gasteiger partial charge in [-0.3, -0.25) is 4.79 Å². The fraction of sp³-hybridized carbons (Fsp3) is 0.211. The number of carbonyl (C=O) groups is 1. The molecular weight excluding hydrogens is 364 g/mol. The summed E-state index contributed by atoms with van der Waals surface area (Å²) in [5.41, 5.74) is 4.10. The molecule has 26 heavy (non-hydrogen) atoms. The average molecular weight is 385 g/mol. The fourth-order valence-corrected chi connectivity index (χ4v) is 4.13. The number of para-hydroxylation sites is 1. The van der Waals surface area contributed by atoms with E-state index in [2.05, 4.69) is 20.8 Å². The van der Waals surface area contributed by atoms with Crippen LogP contribution in [0.15, 0.2) is 52.9 Å². The number of rotatable bonds is 6. The second kappa shape index (κ2) is 8.33. The van der Waals surface area contributed by atoms with Crippen LogP contribution < -0.4 is 10.6 Å². The summed E-state index contributed by atoms with van der Waals surface area (Å²) in [6.45, 7) is 5.92. The van der Waals surface area contributed by atoms with Gasteiger partial charge in [0, 0.05) is 11.4 Å². The highest BCUT2D eigenvalue weighted by Crippen LogP contribution is 2.31. The predicted octanol–water partition coefficient (Wildman–Crippen LogP) is 5.02. The van der Waals surface area contributed by atoms with Crippen molar-refractivity contribution in [3.63, 3.8) is 0 Å². The Bertz CT molecular complexity index is 893. The Morgan fingerprint density at radius 3 is 2.54 bits per heavy atom. The van der Waals surface area contributed by atoms with Crippen LogP contribution in [0.2, 0.25) is 0 Å². The zero-order valence-corrected chi connectivity index (χ0v) is 16.4. The fourth-order valence-electron chi connectivity index (χ4n) is 2.22. The number of thioether (sulfide) groups is 1. The van der Waals surface area contributed by atoms with E-state index < -0.39 is 0 Å². The van der Waals surface area contributed by atoms with E-state index in [1.54, 1.807) is 0 Å². The molecule has 134 valence electrons. The summed E-state index contributed by atoms with van der Waals surface area (Å²) in [5.74, 6) is -0.0533. The lowest BCUT2D eigenvalue weighted by Crippen LogP contribution is -2.22. The second-order valence-electron chi connectivity index (χ2n) is 5.93. The predicted molar refractivity (Wildman–Crippen MR) is 109 cm³/mol. The first-order valence-electron chi connectivity index (χ1n) is 8.21. The van der Waals surface area contributed by atoms with Crippen molar-refractivity contribution in [2.45, 2.75) is 30.4 Å². The van der Waals surface area contributed by atoms with Crippen molar-refractivity contribution in [1.29, 1.82) is 0 Å². The molecule has 2 aromatic carbocycles. The second-order valence-corrected chi connectivity index (χ2v) is 8.49. The molecule has 0 aliphatic rings. The maximum Gasteiger partial charge on any atom is 0.237 e. The van der Waals surface area contributed by atoms with Gasteiger partial charge in [0.1, 0.15) is 0 Å². The lowest BCUT2D eigenvalue weighted by atomic mass is 10.2. The van der Waals surface area contributed by atoms with Crippen molar-refractivity contribution < 1.29 is 4.79 Å². The minimum atomic E-state index is -0.268. The number of aromatic nitrogens is 2. The zero-order valence-electron chi connectivity index (χ0n) is 14.8. The molecule has 1 atom stereocenters. The van der Waals surface area contributed by atoms with E-state index in [4.69, 9.17) is 0 Å². The van der Waals surface area contributed by atoms with Crippen molar-refractivity contribution in [2.75, 3.05) is 10.6 Å². The van der Waals surface area contributed by atoms with E-state index in [9.17, 15) is 4.79 Å². The number of hydrogen-bond donors (Lipinski definition) is 2. The molecule has 0 fully saturated rings. The van der Waals surface area contributed by atoms with Crippen molar-refractivity contribution >= 4 is 45.5 Å². The Hall–Kier alpha value is -2.38. The van der Waals surface area contributed by atoms with Crippen LogP contribution >= 0.6 is 23.1 Å². The van der Waals surface area contributed by atoms with Crippen LogP contribution in [-0.2, 0) is 4.79 Å². The number of aryl methyl sites for hydroxylation is 2. The van der Waals surface area contributed by atoms with E-state index in [-0.39, 0.29) is 11.2 Å². The Balaban J connectivity index is 1.58. The summed E-state index contributed by atoms with van der Waals surface area (Å²) < 4.78 is 0.757. The van der Waals surface area contributed by atoms with Crippen LogP contribution in [0.1, 0.15) is 18.1 Å². The first-order valence-corrected chi connectivity index (χ1v) is 9.91. The topological polar surface area (TPSA) is 66.9 Å². The van der Waals surface area contributed by atoms with E-state index in [0.29, 0.717) is 5.13 Å². The van der Waals surface area contributed by atoms with Crippen LogP contribution in [0.5, 0.6) is 0 Å². The molecule has 2 N–H and O–H groups in total. The van der Waals surface area contributed by atoms with E-state index >= 15 is 0 Å². The molecule has 3 rings (SSSR count). The first kappa shape index (κ1) is 18.4. The maximum absolute atomic E-state index is 12.4. The number of hydrogen-bond acceptors (Lipinski definition) is 6. The lowest BCUT2D eigenvalue weighted by molar-refractivity contribution is -0.115. The SMILES string of the molecule is Cc1ccc(NC(=O)[C@@H](C)Sc2nnc(Nc3ccccc3C)s2)cc1. The van der Waals surface area contributed by atoms with Crippen LogP contribution in [0.4, 0.5) is 16.5 Å². The third-order valence-corrected chi connectivity index (χ3v) is 5.78. The van der Waals surface area contributed by atoms with Gasteiger partial charge < -0.3 is 10.6 Å². The Kier molecular flexibility index (Phi) is 5.90. The monoisotopic (exact) mass is 384 g/mol. The standard InChI is InChI=1S/C19H20N4OS2/c1-12-8-10-15(11-9-12)20-17(24)14(3)25-19-23-22-18(26-19)21-16-7-5-4-6-13(16)2/h4-11,14H,1-3H3,(H,20,24)(H,21,22)/t14-/m1/s1. The van der Waals surface area contributed by atoms with Crippen molar-refractivity contribution in [2.24, 2.45) is 0 Å². The number of nitrogens with zero attached hydrogens (tertiary/aromatic N) is 2. The van der Waals surface area contributed by atoms with E-state index in [0.717, 1.165) is 26.8 Å². The van der Waals surface area contributed by atoms with Crippen LogP contribution in [0, 0.1) is 13.8 Å². The van der Waals surface area contributed by atoms with Crippen LogP contribution in [0.25, 0.3) is 0 Å². The quantitative estimate of drug-likeness (QED) is 0.584. The van der Waals surface area contributed by atoms with Crippen molar-refractivity contribution in [1.82, 2.24) is 10.2 Å². The average Bonchev–Trinajstić information content (AvgIpc) is 3.06. The molecule has 0 radical (unpaired) electrons. The smallest absolute Gasteiger partial charge is 0.237 e. The molecule has 0 bridgehead atoms. The van der Waals surface area contributed by atoms with Gasteiger partial charge in [-0.05, 0) is 44.5 Å². The molecule has 0 saturated carbocycles. The van der Waals surface area contributed by atoms with E-state index in [1.807, 2.05) is 69.3 Å². The molecule has 1 aromatic heterocycles. The minimum Gasteiger partial charge on any atom is -0.330 e. The summed E-state index contributed by atoms with van der Waals surface area (Å²) in [6.07, 6.45) is 0. The molecule has 0 saturated heterocycles. The molecule has 0 unspecified atom stereocenters. The molecule has 0 spiro atoms. The molecule has 3 aromatic rings. The summed E-state index contributed by atoms with van der Waals surface area (Å²) in [7, 11) is 0. The number of anilines is 3. The van der Waals surface area contributed by atoms with Gasteiger partial charge >= 0.3 is 0 Å². The highest BCUT2D eigenvalue weighted by molar-refractivity contribution is 8.02. The van der Waals surface area contributed by atoms with Gasteiger partial charge in [-0.15, -0.1) is 10.2 Å². The van der Waals surface area contributed by atoms with Gasteiger partial charge in [-0.1, -0.05) is 59.0 Å². The van der Waals surface area contributed by atoms with Gasteiger partial charge in [0.05, 0.1) is 5.25 Å². The van der Waals surface area contributed by atoms with Crippen molar-refractivity contribution in [3.05, 3.63) is 59.7 Å². The number of nitrogens with one attached hydrogen (secondary N) is 2. The highest BCUT2D eigenvalue weighted by Gasteiger charge is 2.17. The van der Waals surface area contributed by atoms with Crippen LogP contribution in [0.3, 0.4) is 0 Å². The molecule has 1 heterocycles. The first-order chi connectivity index (χ1) is 12.5. The van der Waals surface area contributed by atoms with Gasteiger partial charge in [0.2, 0.25) is 11.0 Å². The molecule has 7 heteroatoms. The zero-order chi connectivity index (χ0) is 18.5. The third-order valence-electron chi connectivity index (χ3n) is 3.76. The molecule has 1 amide bonds. The van der Waals surface area contributed by atoms with Gasteiger partial charge in [0.15, 0.2) is 4.34 Å². The minimum absolute atomic E-state index is 0.0533. The van der Waals surface area contributed by atoms with E-state index in [1.165, 1.54) is 23.1 Å². The third kappa shape index (κ3) is 4.83. The summed E-state index contributed by atoms with van der Waals surface area (Å²) in [4.78, 5) is 12.4. The molecule has 0 aliphatic heterocycles. The summed E-state index contributed by atoms with van der Waals surface area (Å²) in [6, 6.07) is 15.8. The van der Waals surface area contributed by atoms with Crippen LogP contribution in [-0.4, -0.2) is 21.4 Å². The number of carbonyl (C=O) groups excluding carboxylic acids is 1. The Labute approximate surface area is 161 Å². The summed E-state index contributed by atoms with van der Waals surface area (Å²) in [5, 5.41) is 15.0. The van der Waals surface area contributed by atoms with Gasteiger partial charge in [-0.2, -0.15) is 0 Å². The van der Waals surface area contributed by atoms with Crippen molar-refractivity contribution in [3.8, 4) is 0 Å². The largest absolute Gasteiger partial charge is 0.330 e. The molecule has 0 aliphatic carbocycles. The van der Waals surface area contributed by atoms with Gasteiger partial charge in [-0.25, -0.2) is 0 Å². The maximum atomic E-state index is 12.4. The lowest BCUT2D eigenvalue weighted by Gasteiger charge is -2.10. The number of benzene rings is 2. The normalized spacial score (nSPS) is 11.8. The molecular formula is C19H20N4OS2.